The Morgan fingerprint density at radius 3 is 2.76 bits per heavy atom. The number of nitrogens with two attached hydrogens (primary N) is 1. The van der Waals surface area contributed by atoms with Gasteiger partial charge in [0.25, 0.3) is 0 Å². The van der Waals surface area contributed by atoms with Gasteiger partial charge in [0.2, 0.25) is 0 Å². The molecular formula is C13H20BrNO2. The van der Waals surface area contributed by atoms with Crippen molar-refractivity contribution in [2.75, 3.05) is 19.8 Å². The van der Waals surface area contributed by atoms with Crippen LogP contribution in [0.4, 0.5) is 0 Å². The Kier molecular flexibility index (Phi) is 6.55. The summed E-state index contributed by atoms with van der Waals surface area (Å²) in [4.78, 5) is 0. The summed E-state index contributed by atoms with van der Waals surface area (Å²) in [5.41, 5.74) is 6.76. The molecule has 2 N–H and O–H groups in total. The second-order valence-electron chi connectivity index (χ2n) is 3.86. The first kappa shape index (κ1) is 14.5. The van der Waals surface area contributed by atoms with Crippen LogP contribution >= 0.6 is 15.9 Å². The first-order chi connectivity index (χ1) is 8.17. The molecular weight excluding hydrogens is 282 g/mol. The van der Waals surface area contributed by atoms with Gasteiger partial charge < -0.3 is 15.2 Å². The number of hydrogen-bond acceptors (Lipinski definition) is 3. The highest BCUT2D eigenvalue weighted by atomic mass is 79.9. The highest BCUT2D eigenvalue weighted by Gasteiger charge is 2.06. The summed E-state index contributed by atoms with van der Waals surface area (Å²) in [6.07, 6.45) is 0.913. The van der Waals surface area contributed by atoms with Crippen molar-refractivity contribution in [3.05, 3.63) is 28.2 Å². The van der Waals surface area contributed by atoms with E-state index in [1.165, 1.54) is 5.56 Å². The average molecular weight is 302 g/mol. The van der Waals surface area contributed by atoms with Crippen LogP contribution in [-0.4, -0.2) is 25.9 Å². The molecule has 0 saturated heterocycles. The number of rotatable bonds is 7. The SMILES string of the molecule is CCOC(CN)CCOc1ccc(Br)c(C)c1. The maximum Gasteiger partial charge on any atom is 0.119 e. The maximum atomic E-state index is 5.66. The molecule has 0 aliphatic rings. The fraction of sp³-hybridized carbons (Fsp3) is 0.538. The molecule has 0 saturated carbocycles. The molecule has 0 aliphatic carbocycles. The van der Waals surface area contributed by atoms with Gasteiger partial charge in [0.05, 0.1) is 12.7 Å². The van der Waals surface area contributed by atoms with Crippen LogP contribution in [0.25, 0.3) is 0 Å². The predicted octanol–water partition coefficient (Wildman–Crippen LogP) is 2.89. The minimum Gasteiger partial charge on any atom is -0.493 e. The van der Waals surface area contributed by atoms with Crippen LogP contribution in [0.1, 0.15) is 18.9 Å². The molecule has 0 amide bonds. The minimum absolute atomic E-state index is 0.0940. The van der Waals surface area contributed by atoms with Crippen LogP contribution in [0.5, 0.6) is 5.75 Å². The zero-order valence-corrected chi connectivity index (χ0v) is 12.0. The zero-order valence-electron chi connectivity index (χ0n) is 10.4. The van der Waals surface area contributed by atoms with Crippen molar-refractivity contribution in [1.29, 1.82) is 0 Å². The van der Waals surface area contributed by atoms with E-state index in [9.17, 15) is 0 Å². The third kappa shape index (κ3) is 5.06. The van der Waals surface area contributed by atoms with Gasteiger partial charge >= 0.3 is 0 Å². The molecule has 1 atom stereocenters. The Morgan fingerprint density at radius 2 is 2.18 bits per heavy atom. The number of ether oxygens (including phenoxy) is 2. The van der Waals surface area contributed by atoms with E-state index in [4.69, 9.17) is 15.2 Å². The molecule has 0 aliphatic heterocycles. The van der Waals surface area contributed by atoms with Crippen LogP contribution in [0, 0.1) is 6.92 Å². The second kappa shape index (κ2) is 7.69. The molecule has 4 heteroatoms. The Balaban J connectivity index is 2.37. The van der Waals surface area contributed by atoms with E-state index in [1.54, 1.807) is 0 Å². The topological polar surface area (TPSA) is 44.5 Å². The van der Waals surface area contributed by atoms with E-state index in [-0.39, 0.29) is 6.10 Å². The minimum atomic E-state index is 0.0940. The molecule has 0 heterocycles. The van der Waals surface area contributed by atoms with Crippen molar-refractivity contribution in [2.45, 2.75) is 26.4 Å². The standard InChI is InChI=1S/C13H20BrNO2/c1-3-16-12(9-15)6-7-17-11-4-5-13(14)10(2)8-11/h4-5,8,12H,3,6-7,9,15H2,1-2H3. The van der Waals surface area contributed by atoms with E-state index in [1.807, 2.05) is 32.0 Å². The summed E-state index contributed by atoms with van der Waals surface area (Å²) in [6, 6.07) is 5.96. The number of halogens is 1. The van der Waals surface area contributed by atoms with Crippen LogP contribution in [0.3, 0.4) is 0 Å². The largest absolute Gasteiger partial charge is 0.493 e. The number of hydrogen-bond donors (Lipinski definition) is 1. The van der Waals surface area contributed by atoms with Crippen molar-refractivity contribution in [2.24, 2.45) is 5.73 Å². The number of aryl methyl sites for hydroxylation is 1. The van der Waals surface area contributed by atoms with Gasteiger partial charge in [-0.15, -0.1) is 0 Å². The first-order valence-corrected chi connectivity index (χ1v) is 6.67. The smallest absolute Gasteiger partial charge is 0.119 e. The third-order valence-corrected chi connectivity index (χ3v) is 3.39. The lowest BCUT2D eigenvalue weighted by molar-refractivity contribution is 0.0527. The Hall–Kier alpha value is -0.580. The van der Waals surface area contributed by atoms with Crippen LogP contribution in [0.2, 0.25) is 0 Å². The Labute approximate surface area is 111 Å². The zero-order chi connectivity index (χ0) is 12.7. The molecule has 0 bridgehead atoms. The molecule has 1 aromatic rings. The maximum absolute atomic E-state index is 5.66. The Bertz CT molecular complexity index is 344. The first-order valence-electron chi connectivity index (χ1n) is 5.88. The van der Waals surface area contributed by atoms with Crippen LogP contribution < -0.4 is 10.5 Å². The lowest BCUT2D eigenvalue weighted by atomic mass is 10.2. The third-order valence-electron chi connectivity index (χ3n) is 2.50. The van der Waals surface area contributed by atoms with Gasteiger partial charge in [0.1, 0.15) is 5.75 Å². The predicted molar refractivity (Wildman–Crippen MR) is 73.5 cm³/mol. The van der Waals surface area contributed by atoms with E-state index < -0.39 is 0 Å². The van der Waals surface area contributed by atoms with Crippen molar-refractivity contribution in [3.8, 4) is 5.75 Å². The van der Waals surface area contributed by atoms with E-state index in [0.717, 1.165) is 16.6 Å². The fourth-order valence-electron chi connectivity index (χ4n) is 1.52. The van der Waals surface area contributed by atoms with E-state index in [0.29, 0.717) is 19.8 Å². The van der Waals surface area contributed by atoms with Gasteiger partial charge in [-0.3, -0.25) is 0 Å². The summed E-state index contributed by atoms with van der Waals surface area (Å²) >= 11 is 3.46. The molecule has 96 valence electrons. The molecule has 0 radical (unpaired) electrons. The van der Waals surface area contributed by atoms with Crippen molar-refractivity contribution in [3.63, 3.8) is 0 Å². The lowest BCUT2D eigenvalue weighted by Gasteiger charge is -2.15. The quantitative estimate of drug-likeness (QED) is 0.842. The average Bonchev–Trinajstić information content (AvgIpc) is 2.32. The molecule has 0 aromatic heterocycles. The highest BCUT2D eigenvalue weighted by molar-refractivity contribution is 9.10. The number of benzene rings is 1. The van der Waals surface area contributed by atoms with Crippen LogP contribution in [0.15, 0.2) is 22.7 Å². The van der Waals surface area contributed by atoms with Gasteiger partial charge in [-0.2, -0.15) is 0 Å². The monoisotopic (exact) mass is 301 g/mol. The molecule has 1 aromatic carbocycles. The molecule has 0 fully saturated rings. The van der Waals surface area contributed by atoms with Crippen LogP contribution in [-0.2, 0) is 4.74 Å². The second-order valence-corrected chi connectivity index (χ2v) is 4.72. The van der Waals surface area contributed by atoms with Crippen molar-refractivity contribution < 1.29 is 9.47 Å². The molecule has 17 heavy (non-hydrogen) atoms. The lowest BCUT2D eigenvalue weighted by Crippen LogP contribution is -2.25. The summed E-state index contributed by atoms with van der Waals surface area (Å²) in [5, 5.41) is 0. The van der Waals surface area contributed by atoms with Crippen molar-refractivity contribution >= 4 is 15.9 Å². The highest BCUT2D eigenvalue weighted by Crippen LogP contribution is 2.21. The fourth-order valence-corrected chi connectivity index (χ4v) is 1.77. The van der Waals surface area contributed by atoms with Gasteiger partial charge in [0.15, 0.2) is 0 Å². The van der Waals surface area contributed by atoms with Gasteiger partial charge in [0, 0.05) is 24.0 Å². The van der Waals surface area contributed by atoms with Gasteiger partial charge in [-0.1, -0.05) is 15.9 Å². The van der Waals surface area contributed by atoms with Gasteiger partial charge in [-0.05, 0) is 37.6 Å². The molecule has 0 spiro atoms. The Morgan fingerprint density at radius 1 is 1.41 bits per heavy atom. The van der Waals surface area contributed by atoms with E-state index >= 15 is 0 Å². The summed E-state index contributed by atoms with van der Waals surface area (Å²) in [5.74, 6) is 0.887. The van der Waals surface area contributed by atoms with Crippen molar-refractivity contribution in [1.82, 2.24) is 0 Å². The normalized spacial score (nSPS) is 12.5. The summed E-state index contributed by atoms with van der Waals surface area (Å²) in [7, 11) is 0. The molecule has 1 rings (SSSR count). The summed E-state index contributed by atoms with van der Waals surface area (Å²) < 4.78 is 12.2. The molecule has 3 nitrogen and oxygen atoms in total. The van der Waals surface area contributed by atoms with Gasteiger partial charge in [-0.25, -0.2) is 0 Å². The summed E-state index contributed by atoms with van der Waals surface area (Å²) in [6.45, 7) is 5.88. The van der Waals surface area contributed by atoms with E-state index in [2.05, 4.69) is 15.9 Å². The molecule has 1 unspecified atom stereocenters.